The number of hydrogen-bond donors (Lipinski definition) is 3. The molecule has 3 heterocycles. The molecule has 0 saturated carbocycles. The average Bonchev–Trinajstić information content (AvgIpc) is 3.49. The van der Waals surface area contributed by atoms with E-state index in [2.05, 4.69) is 25.7 Å². The zero-order valence-corrected chi connectivity index (χ0v) is 20.5. The van der Waals surface area contributed by atoms with Crippen molar-refractivity contribution in [3.63, 3.8) is 0 Å². The smallest absolute Gasteiger partial charge is 0.221 e. The number of para-hydroxylation sites is 3. The van der Waals surface area contributed by atoms with Gasteiger partial charge in [-0.15, -0.1) is 0 Å². The van der Waals surface area contributed by atoms with Gasteiger partial charge in [-0.1, -0.05) is 35.9 Å². The van der Waals surface area contributed by atoms with E-state index in [1.807, 2.05) is 63.7 Å². The second-order valence-corrected chi connectivity index (χ2v) is 9.05. The van der Waals surface area contributed by atoms with Crippen molar-refractivity contribution < 1.29 is 4.79 Å². The standard InChI is InChI=1S/C27H21ClN8O/c1-16(37)31-22-11-9-18(28)13-20(22)21-12-10-19(14-30-21)36-25-8-3-2-7-24(25)35(27(36)29)15-17-5-4-6-23-26(17)33-34-32-23/h2-14,29H,15H2,1H3,(H,31,37)(H,32,33,34). The number of nitrogens with one attached hydrogen (secondary N) is 3. The summed E-state index contributed by atoms with van der Waals surface area (Å²) in [5.74, 6) is -0.177. The fraction of sp³-hybridized carbons (Fsp3) is 0.0741. The number of anilines is 1. The highest BCUT2D eigenvalue weighted by Gasteiger charge is 2.16. The molecule has 37 heavy (non-hydrogen) atoms. The van der Waals surface area contributed by atoms with Crippen LogP contribution in [0.4, 0.5) is 5.69 Å². The van der Waals surface area contributed by atoms with Crippen LogP contribution in [-0.4, -0.2) is 35.4 Å². The summed E-state index contributed by atoms with van der Waals surface area (Å²) in [6.07, 6.45) is 1.72. The number of amides is 1. The molecule has 0 unspecified atom stereocenters. The van der Waals surface area contributed by atoms with E-state index in [4.69, 9.17) is 17.0 Å². The van der Waals surface area contributed by atoms with E-state index < -0.39 is 0 Å². The van der Waals surface area contributed by atoms with Crippen molar-refractivity contribution in [2.75, 3.05) is 5.32 Å². The lowest BCUT2D eigenvalue weighted by Crippen LogP contribution is -2.24. The SMILES string of the molecule is CC(=O)Nc1ccc(Cl)cc1-c1ccc(-n2c(=N)n(Cc3cccc4n[nH]nc34)c3ccccc32)cn1. The highest BCUT2D eigenvalue weighted by molar-refractivity contribution is 6.31. The van der Waals surface area contributed by atoms with Gasteiger partial charge in [-0.25, -0.2) is 0 Å². The van der Waals surface area contributed by atoms with Crippen molar-refractivity contribution in [1.82, 2.24) is 29.5 Å². The van der Waals surface area contributed by atoms with Crippen LogP contribution in [0.3, 0.4) is 0 Å². The Morgan fingerprint density at radius 2 is 1.86 bits per heavy atom. The molecule has 0 aliphatic heterocycles. The minimum atomic E-state index is -0.177. The van der Waals surface area contributed by atoms with Gasteiger partial charge < -0.3 is 9.88 Å². The third-order valence-corrected chi connectivity index (χ3v) is 6.45. The molecule has 0 spiro atoms. The normalized spacial score (nSPS) is 11.3. The van der Waals surface area contributed by atoms with Gasteiger partial charge >= 0.3 is 0 Å². The molecule has 0 aliphatic rings. The minimum absolute atomic E-state index is 0.177. The summed E-state index contributed by atoms with van der Waals surface area (Å²) in [6, 6.07) is 22.8. The van der Waals surface area contributed by atoms with Gasteiger partial charge in [-0.3, -0.25) is 19.8 Å². The first-order chi connectivity index (χ1) is 18.0. The number of aromatic amines is 1. The quantitative estimate of drug-likeness (QED) is 0.307. The average molecular weight is 509 g/mol. The number of carbonyl (C=O) groups is 1. The molecule has 0 bridgehead atoms. The number of benzene rings is 3. The number of fused-ring (bicyclic) bond motifs is 2. The molecule has 0 aliphatic carbocycles. The van der Waals surface area contributed by atoms with E-state index in [0.29, 0.717) is 34.1 Å². The van der Waals surface area contributed by atoms with Gasteiger partial charge in [0.05, 0.1) is 40.8 Å². The Labute approximate surface area is 215 Å². The van der Waals surface area contributed by atoms with E-state index in [9.17, 15) is 4.79 Å². The molecule has 10 heteroatoms. The largest absolute Gasteiger partial charge is 0.326 e. The summed E-state index contributed by atoms with van der Waals surface area (Å²) in [4.78, 5) is 16.3. The van der Waals surface area contributed by atoms with Crippen LogP contribution in [0.5, 0.6) is 0 Å². The molecule has 3 N–H and O–H groups in total. The van der Waals surface area contributed by atoms with Crippen molar-refractivity contribution >= 4 is 45.3 Å². The number of halogens is 1. The number of aromatic nitrogens is 6. The highest BCUT2D eigenvalue weighted by atomic mass is 35.5. The Bertz CT molecular complexity index is 1850. The Balaban J connectivity index is 1.44. The van der Waals surface area contributed by atoms with Gasteiger partial charge in [0, 0.05) is 23.1 Å². The van der Waals surface area contributed by atoms with Gasteiger partial charge in [0.1, 0.15) is 11.0 Å². The van der Waals surface area contributed by atoms with Crippen molar-refractivity contribution in [3.8, 4) is 16.9 Å². The van der Waals surface area contributed by atoms with Gasteiger partial charge in [0.15, 0.2) is 0 Å². The molecule has 1 amide bonds. The molecule has 0 fully saturated rings. The molecule has 182 valence electrons. The van der Waals surface area contributed by atoms with Crippen LogP contribution in [0, 0.1) is 5.41 Å². The lowest BCUT2D eigenvalue weighted by molar-refractivity contribution is -0.114. The number of carbonyl (C=O) groups excluding carboxylic acids is 1. The van der Waals surface area contributed by atoms with E-state index in [-0.39, 0.29) is 5.91 Å². The molecule has 3 aromatic carbocycles. The first kappa shape index (κ1) is 22.7. The summed E-state index contributed by atoms with van der Waals surface area (Å²) in [5, 5.41) is 23.6. The minimum Gasteiger partial charge on any atom is -0.326 e. The number of H-pyrrole nitrogens is 1. The fourth-order valence-electron chi connectivity index (χ4n) is 4.58. The van der Waals surface area contributed by atoms with Crippen molar-refractivity contribution in [2.45, 2.75) is 13.5 Å². The first-order valence-electron chi connectivity index (χ1n) is 11.6. The number of nitrogens with zero attached hydrogens (tertiary/aromatic N) is 5. The molecular weight excluding hydrogens is 488 g/mol. The second-order valence-electron chi connectivity index (χ2n) is 8.62. The fourth-order valence-corrected chi connectivity index (χ4v) is 4.75. The molecule has 6 aromatic rings. The lowest BCUT2D eigenvalue weighted by Gasteiger charge is -2.11. The van der Waals surface area contributed by atoms with Crippen LogP contribution in [0.15, 0.2) is 79.0 Å². The lowest BCUT2D eigenvalue weighted by atomic mass is 10.1. The Kier molecular flexibility index (Phi) is 5.54. The number of pyridine rings is 1. The van der Waals surface area contributed by atoms with Gasteiger partial charge in [-0.05, 0) is 48.5 Å². The molecule has 9 nitrogen and oxygen atoms in total. The third kappa shape index (κ3) is 4.05. The van der Waals surface area contributed by atoms with E-state index >= 15 is 0 Å². The molecular formula is C27H21ClN8O. The molecule has 0 atom stereocenters. The Hall–Kier alpha value is -4.76. The topological polar surface area (TPSA) is 117 Å². The summed E-state index contributed by atoms with van der Waals surface area (Å²) < 4.78 is 3.81. The maximum absolute atomic E-state index is 11.7. The Morgan fingerprint density at radius 1 is 1.03 bits per heavy atom. The maximum Gasteiger partial charge on any atom is 0.221 e. The first-order valence-corrected chi connectivity index (χ1v) is 11.9. The van der Waals surface area contributed by atoms with Gasteiger partial charge in [0.25, 0.3) is 0 Å². The highest BCUT2D eigenvalue weighted by Crippen LogP contribution is 2.30. The molecule has 6 rings (SSSR count). The molecule has 0 saturated heterocycles. The zero-order valence-electron chi connectivity index (χ0n) is 19.7. The summed E-state index contributed by atoms with van der Waals surface area (Å²) in [6.45, 7) is 1.92. The van der Waals surface area contributed by atoms with Crippen LogP contribution in [0.25, 0.3) is 39.0 Å². The van der Waals surface area contributed by atoms with E-state index in [1.165, 1.54) is 6.92 Å². The Morgan fingerprint density at radius 3 is 2.65 bits per heavy atom. The maximum atomic E-state index is 11.7. The van der Waals surface area contributed by atoms with Gasteiger partial charge in [0.2, 0.25) is 11.5 Å². The van der Waals surface area contributed by atoms with Crippen LogP contribution in [-0.2, 0) is 11.3 Å². The molecule has 0 radical (unpaired) electrons. The summed E-state index contributed by atoms with van der Waals surface area (Å²) in [7, 11) is 0. The number of imidazole rings is 1. The predicted molar refractivity (Wildman–Crippen MR) is 143 cm³/mol. The predicted octanol–water partition coefficient (Wildman–Crippen LogP) is 4.90. The monoisotopic (exact) mass is 508 g/mol. The zero-order chi connectivity index (χ0) is 25.5. The van der Waals surface area contributed by atoms with Crippen LogP contribution < -0.4 is 10.9 Å². The van der Waals surface area contributed by atoms with Crippen molar-refractivity contribution in [3.05, 3.63) is 95.2 Å². The van der Waals surface area contributed by atoms with Gasteiger partial charge in [-0.2, -0.15) is 15.4 Å². The number of hydrogen-bond acceptors (Lipinski definition) is 5. The van der Waals surface area contributed by atoms with Crippen LogP contribution in [0.1, 0.15) is 12.5 Å². The van der Waals surface area contributed by atoms with E-state index in [0.717, 1.165) is 33.3 Å². The summed E-state index contributed by atoms with van der Waals surface area (Å²) >= 11 is 6.23. The number of rotatable bonds is 5. The third-order valence-electron chi connectivity index (χ3n) is 6.21. The summed E-state index contributed by atoms with van der Waals surface area (Å²) in [5.41, 5.74) is 7.39. The van der Waals surface area contributed by atoms with Crippen molar-refractivity contribution in [2.24, 2.45) is 0 Å². The second kappa shape index (κ2) is 9.03. The van der Waals surface area contributed by atoms with Crippen LogP contribution >= 0.6 is 11.6 Å². The van der Waals surface area contributed by atoms with Crippen molar-refractivity contribution in [1.29, 1.82) is 5.41 Å². The van der Waals surface area contributed by atoms with E-state index in [1.54, 1.807) is 24.4 Å². The molecule has 3 aromatic heterocycles. The van der Waals surface area contributed by atoms with Crippen LogP contribution in [0.2, 0.25) is 5.02 Å².